The molecule has 0 amide bonds. The summed E-state index contributed by atoms with van der Waals surface area (Å²) in [4.78, 5) is 8.26. The van der Waals surface area contributed by atoms with Gasteiger partial charge in [0, 0.05) is 18.8 Å². The van der Waals surface area contributed by atoms with Crippen molar-refractivity contribution in [2.24, 2.45) is 10.9 Å². The summed E-state index contributed by atoms with van der Waals surface area (Å²) in [7, 11) is 0. The fraction of sp³-hybridized carbons (Fsp3) is 0.571. The molecular weight excluding hydrogens is 311 g/mol. The van der Waals surface area contributed by atoms with Gasteiger partial charge < -0.3 is 14.6 Å². The van der Waals surface area contributed by atoms with E-state index in [9.17, 15) is 9.60 Å². The van der Waals surface area contributed by atoms with E-state index in [4.69, 9.17) is 16.3 Å². The number of nitrogens with one attached hydrogen (secondary N) is 1. The normalized spacial score (nSPS) is 36.3. The number of hydroxylamine groups is 3. The summed E-state index contributed by atoms with van der Waals surface area (Å²) in [6, 6.07) is 1.48. The summed E-state index contributed by atoms with van der Waals surface area (Å²) in [5.74, 6) is 0.156. The number of halogens is 2. The fourth-order valence-electron chi connectivity index (χ4n) is 3.77. The lowest BCUT2D eigenvalue weighted by Gasteiger charge is -2.58. The number of rotatable bonds is 1. The molecule has 118 valence electrons. The van der Waals surface area contributed by atoms with Gasteiger partial charge in [-0.2, -0.15) is 0 Å². The highest BCUT2D eigenvalue weighted by Gasteiger charge is 2.56. The molecule has 1 atom stereocenters. The summed E-state index contributed by atoms with van der Waals surface area (Å²) in [5.41, 5.74) is -0.507. The highest BCUT2D eigenvalue weighted by atomic mass is 35.5. The van der Waals surface area contributed by atoms with E-state index < -0.39 is 11.4 Å². The van der Waals surface area contributed by atoms with Crippen LogP contribution in [0.1, 0.15) is 12.8 Å². The van der Waals surface area contributed by atoms with Crippen molar-refractivity contribution in [1.82, 2.24) is 4.98 Å². The number of anilines is 1. The zero-order valence-corrected chi connectivity index (χ0v) is 12.6. The number of hydrogen-bond acceptors (Lipinski definition) is 5. The Hall–Kier alpha value is -1.44. The van der Waals surface area contributed by atoms with Crippen LogP contribution in [0.25, 0.3) is 0 Å². The van der Waals surface area contributed by atoms with E-state index in [2.05, 4.69) is 15.3 Å². The Morgan fingerprint density at radius 2 is 2.23 bits per heavy atom. The average molecular weight is 327 g/mol. The molecule has 1 N–H and O–H groups in total. The summed E-state index contributed by atoms with van der Waals surface area (Å²) in [5, 5.41) is 15.6. The Bertz CT molecular complexity index is 648. The molecule has 6 nitrogen and oxygen atoms in total. The molecule has 5 heterocycles. The highest BCUT2D eigenvalue weighted by Crippen LogP contribution is 2.44. The van der Waals surface area contributed by atoms with Crippen molar-refractivity contribution in [3.8, 4) is 0 Å². The third kappa shape index (κ3) is 2.24. The smallest absolute Gasteiger partial charge is 0.291 e. The molecule has 4 aliphatic heterocycles. The number of pyridine rings is 1. The number of quaternary nitrogens is 1. The maximum Gasteiger partial charge on any atom is 0.291 e. The van der Waals surface area contributed by atoms with Gasteiger partial charge in [0.25, 0.3) is 6.02 Å². The highest BCUT2D eigenvalue weighted by molar-refractivity contribution is 6.33. The van der Waals surface area contributed by atoms with Gasteiger partial charge in [-0.3, -0.25) is 5.32 Å². The zero-order valence-electron chi connectivity index (χ0n) is 11.9. The Morgan fingerprint density at radius 3 is 2.91 bits per heavy atom. The molecule has 0 radical (unpaired) electrons. The third-order valence-corrected chi connectivity index (χ3v) is 5.18. The van der Waals surface area contributed by atoms with Crippen molar-refractivity contribution in [2.75, 3.05) is 31.5 Å². The SMILES string of the molecule is [O-][N+]12CCC(CC1)C1(CN=C(Nc3ncc(F)cc3Cl)O1)C2. The first-order chi connectivity index (χ1) is 10.5. The molecule has 1 aromatic rings. The molecule has 3 saturated heterocycles. The number of amidine groups is 1. The molecule has 5 rings (SSSR count). The van der Waals surface area contributed by atoms with Crippen molar-refractivity contribution < 1.29 is 13.8 Å². The lowest BCUT2D eigenvalue weighted by Crippen LogP contribution is -2.67. The first kappa shape index (κ1) is 14.2. The first-order valence-electron chi connectivity index (χ1n) is 7.37. The number of ether oxygens (including phenoxy) is 1. The van der Waals surface area contributed by atoms with E-state index in [0.29, 0.717) is 43.9 Å². The van der Waals surface area contributed by atoms with Gasteiger partial charge in [-0.25, -0.2) is 14.4 Å². The van der Waals surface area contributed by atoms with Gasteiger partial charge in [-0.05, 0) is 6.07 Å². The van der Waals surface area contributed by atoms with Gasteiger partial charge >= 0.3 is 0 Å². The molecular formula is C14H16ClFN4O2. The lowest BCUT2D eigenvalue weighted by atomic mass is 9.75. The second-order valence-corrected chi connectivity index (χ2v) is 6.74. The number of aliphatic imine (C=N–C) groups is 1. The van der Waals surface area contributed by atoms with Gasteiger partial charge in [-0.15, -0.1) is 0 Å². The summed E-state index contributed by atoms with van der Waals surface area (Å²) < 4.78 is 18.8. The molecule has 0 saturated carbocycles. The van der Waals surface area contributed by atoms with Crippen LogP contribution in [0, 0.1) is 16.9 Å². The summed E-state index contributed by atoms with van der Waals surface area (Å²) in [6.45, 7) is 2.26. The first-order valence-corrected chi connectivity index (χ1v) is 7.75. The van der Waals surface area contributed by atoms with Gasteiger partial charge in [0.15, 0.2) is 11.4 Å². The van der Waals surface area contributed by atoms with Crippen molar-refractivity contribution in [1.29, 1.82) is 0 Å². The van der Waals surface area contributed by atoms with E-state index in [-0.39, 0.29) is 9.67 Å². The van der Waals surface area contributed by atoms with Gasteiger partial charge in [0.2, 0.25) is 0 Å². The Morgan fingerprint density at radius 1 is 1.45 bits per heavy atom. The Labute approximate surface area is 132 Å². The van der Waals surface area contributed by atoms with Crippen molar-refractivity contribution >= 4 is 23.4 Å². The van der Waals surface area contributed by atoms with E-state index in [1.165, 1.54) is 6.07 Å². The number of nitrogens with zero attached hydrogens (tertiary/aromatic N) is 3. The van der Waals surface area contributed by atoms with Crippen LogP contribution in [0.3, 0.4) is 0 Å². The van der Waals surface area contributed by atoms with E-state index >= 15 is 0 Å². The minimum Gasteiger partial charge on any atom is -0.633 e. The maximum atomic E-state index is 13.0. The number of aromatic nitrogens is 1. The molecule has 0 aromatic carbocycles. The quantitative estimate of drug-likeness (QED) is 0.634. The maximum absolute atomic E-state index is 13.0. The van der Waals surface area contributed by atoms with E-state index in [1.54, 1.807) is 0 Å². The molecule has 1 aromatic heterocycles. The van der Waals surface area contributed by atoms with Crippen LogP contribution in [0.5, 0.6) is 0 Å². The predicted molar refractivity (Wildman–Crippen MR) is 79.9 cm³/mol. The number of hydrogen-bond donors (Lipinski definition) is 1. The number of piperidine rings is 3. The van der Waals surface area contributed by atoms with Gasteiger partial charge in [0.05, 0.1) is 30.9 Å². The van der Waals surface area contributed by atoms with Crippen molar-refractivity contribution in [2.45, 2.75) is 18.4 Å². The lowest BCUT2D eigenvalue weighted by molar-refractivity contribution is -0.905. The topological polar surface area (TPSA) is 69.6 Å². The van der Waals surface area contributed by atoms with Gasteiger partial charge in [0.1, 0.15) is 12.4 Å². The minimum atomic E-state index is -0.507. The van der Waals surface area contributed by atoms with Crippen LogP contribution < -0.4 is 5.32 Å². The zero-order chi connectivity index (χ0) is 15.4. The molecule has 1 spiro atoms. The third-order valence-electron chi connectivity index (χ3n) is 4.89. The molecule has 8 heteroatoms. The van der Waals surface area contributed by atoms with E-state index in [1.807, 2.05) is 0 Å². The van der Waals surface area contributed by atoms with Crippen LogP contribution in [-0.2, 0) is 4.74 Å². The van der Waals surface area contributed by atoms with Crippen LogP contribution in [0.4, 0.5) is 10.2 Å². The van der Waals surface area contributed by atoms with E-state index in [0.717, 1.165) is 19.0 Å². The fourth-order valence-corrected chi connectivity index (χ4v) is 3.97. The predicted octanol–water partition coefficient (Wildman–Crippen LogP) is 2.15. The average Bonchev–Trinajstić information content (AvgIpc) is 2.85. The van der Waals surface area contributed by atoms with Crippen LogP contribution in [0.15, 0.2) is 17.3 Å². The summed E-state index contributed by atoms with van der Waals surface area (Å²) >= 11 is 5.94. The van der Waals surface area contributed by atoms with Crippen LogP contribution in [0.2, 0.25) is 5.02 Å². The second kappa shape index (κ2) is 4.78. The molecule has 4 aliphatic rings. The monoisotopic (exact) mass is 326 g/mol. The Balaban J connectivity index is 1.50. The van der Waals surface area contributed by atoms with Gasteiger partial charge in [-0.1, -0.05) is 11.6 Å². The van der Waals surface area contributed by atoms with Crippen LogP contribution >= 0.6 is 11.6 Å². The molecule has 22 heavy (non-hydrogen) atoms. The van der Waals surface area contributed by atoms with Crippen molar-refractivity contribution in [3.63, 3.8) is 0 Å². The second-order valence-electron chi connectivity index (χ2n) is 6.33. The van der Waals surface area contributed by atoms with Crippen LogP contribution in [-0.4, -0.2) is 47.4 Å². The molecule has 3 fully saturated rings. The van der Waals surface area contributed by atoms with Crippen molar-refractivity contribution in [3.05, 3.63) is 28.3 Å². The largest absolute Gasteiger partial charge is 0.633 e. The number of fused-ring (bicyclic) bond motifs is 2. The molecule has 2 bridgehead atoms. The minimum absolute atomic E-state index is 0.161. The molecule has 1 unspecified atom stereocenters. The Kier molecular flexibility index (Phi) is 3.08. The molecule has 0 aliphatic carbocycles. The summed E-state index contributed by atoms with van der Waals surface area (Å²) in [6.07, 6.45) is 2.83. The standard InChI is InChI=1S/C14H16ClFN4O2/c15-11-5-10(16)6-17-12(11)19-13-18-7-14(22-13)8-20(21)3-1-9(14)2-4-20/h5-6,9H,1-4,7-8H2,(H,17,18,19).